The van der Waals surface area contributed by atoms with Gasteiger partial charge in [-0.25, -0.2) is 9.37 Å². The van der Waals surface area contributed by atoms with Crippen LogP contribution in [-0.4, -0.2) is 29.9 Å². The van der Waals surface area contributed by atoms with Crippen LogP contribution in [0.4, 0.5) is 16.2 Å². The number of halogens is 1. The average Bonchev–Trinajstić information content (AvgIpc) is 3.16. The Labute approximate surface area is 151 Å². The molecule has 1 aliphatic heterocycles. The fourth-order valence-corrected chi connectivity index (χ4v) is 3.33. The quantitative estimate of drug-likeness (QED) is 0.753. The van der Waals surface area contributed by atoms with Gasteiger partial charge in [0.25, 0.3) is 0 Å². The fourth-order valence-electron chi connectivity index (χ4n) is 3.33. The van der Waals surface area contributed by atoms with E-state index in [0.717, 1.165) is 41.7 Å². The minimum absolute atomic E-state index is 0.0149. The van der Waals surface area contributed by atoms with Gasteiger partial charge in [0.05, 0.1) is 5.52 Å². The first kappa shape index (κ1) is 16.7. The third kappa shape index (κ3) is 3.32. The molecule has 0 saturated carbocycles. The minimum Gasteiger partial charge on any atom is -0.365 e. The van der Waals surface area contributed by atoms with E-state index in [9.17, 15) is 4.39 Å². The van der Waals surface area contributed by atoms with Gasteiger partial charge in [-0.05, 0) is 42.7 Å². The topological polar surface area (TPSA) is 50.3 Å². The number of hydrogen-bond donors (Lipinski definition) is 1. The van der Waals surface area contributed by atoms with Crippen LogP contribution in [0.2, 0.25) is 0 Å². The molecule has 3 aromatic rings. The molecule has 0 radical (unpaired) electrons. The Hall–Kier alpha value is -2.73. The largest absolute Gasteiger partial charge is 0.365 e. The van der Waals surface area contributed by atoms with Crippen LogP contribution in [0.3, 0.4) is 0 Å². The van der Waals surface area contributed by atoms with Crippen molar-refractivity contribution in [1.29, 1.82) is 0 Å². The lowest BCUT2D eigenvalue weighted by atomic mass is 10.2. The Bertz CT molecular complexity index is 900. The standard InChI is InChI=1S/C20H21FN4O/c1-26-18-7-4-12-25(18)20-23-17-6-3-2-5-16(17)19(24-20)22-13-14-8-10-15(21)11-9-14/h2-3,5-6,8-11,18H,4,7,12-13H2,1H3,(H,22,23,24). The molecule has 5 nitrogen and oxygen atoms in total. The molecule has 0 spiro atoms. The second-order valence-electron chi connectivity index (χ2n) is 6.40. The number of benzene rings is 2. The van der Waals surface area contributed by atoms with Gasteiger partial charge in [-0.15, -0.1) is 0 Å². The van der Waals surface area contributed by atoms with E-state index in [2.05, 4.69) is 10.2 Å². The number of anilines is 2. The molecule has 1 fully saturated rings. The van der Waals surface area contributed by atoms with Crippen LogP contribution in [0.1, 0.15) is 18.4 Å². The van der Waals surface area contributed by atoms with Crippen LogP contribution in [0.5, 0.6) is 0 Å². The molecule has 1 N–H and O–H groups in total. The Morgan fingerprint density at radius 2 is 1.96 bits per heavy atom. The van der Waals surface area contributed by atoms with Crippen molar-refractivity contribution in [3.05, 3.63) is 59.9 Å². The maximum Gasteiger partial charge on any atom is 0.229 e. The lowest BCUT2D eigenvalue weighted by Gasteiger charge is -2.24. The highest BCUT2D eigenvalue weighted by molar-refractivity contribution is 5.90. The Balaban J connectivity index is 1.66. The van der Waals surface area contributed by atoms with Crippen molar-refractivity contribution in [3.8, 4) is 0 Å². The fraction of sp³-hybridized carbons (Fsp3) is 0.300. The highest BCUT2D eigenvalue weighted by atomic mass is 19.1. The molecule has 0 amide bonds. The van der Waals surface area contributed by atoms with E-state index in [1.165, 1.54) is 12.1 Å². The monoisotopic (exact) mass is 352 g/mol. The van der Waals surface area contributed by atoms with Gasteiger partial charge in [0.2, 0.25) is 5.95 Å². The zero-order valence-electron chi connectivity index (χ0n) is 14.7. The number of para-hydroxylation sites is 1. The Morgan fingerprint density at radius 1 is 1.15 bits per heavy atom. The molecule has 6 heteroatoms. The van der Waals surface area contributed by atoms with E-state index in [1.54, 1.807) is 19.2 Å². The van der Waals surface area contributed by atoms with Gasteiger partial charge in [0.1, 0.15) is 17.9 Å². The van der Waals surface area contributed by atoms with Crippen molar-refractivity contribution in [3.63, 3.8) is 0 Å². The summed E-state index contributed by atoms with van der Waals surface area (Å²) in [5.41, 5.74) is 1.88. The van der Waals surface area contributed by atoms with Gasteiger partial charge < -0.3 is 15.0 Å². The van der Waals surface area contributed by atoms with Gasteiger partial charge in [0, 0.05) is 25.6 Å². The van der Waals surface area contributed by atoms with Crippen molar-refractivity contribution in [2.75, 3.05) is 23.9 Å². The van der Waals surface area contributed by atoms with Crippen LogP contribution in [0.15, 0.2) is 48.5 Å². The number of nitrogens with one attached hydrogen (secondary N) is 1. The van der Waals surface area contributed by atoms with Gasteiger partial charge in [-0.3, -0.25) is 0 Å². The highest BCUT2D eigenvalue weighted by Gasteiger charge is 2.27. The van der Waals surface area contributed by atoms with E-state index >= 15 is 0 Å². The summed E-state index contributed by atoms with van der Waals surface area (Å²) in [5, 5.41) is 4.34. The summed E-state index contributed by atoms with van der Waals surface area (Å²) in [6, 6.07) is 14.4. The third-order valence-electron chi connectivity index (χ3n) is 4.69. The second-order valence-corrected chi connectivity index (χ2v) is 6.40. The molecule has 4 rings (SSSR count). The van der Waals surface area contributed by atoms with Crippen molar-refractivity contribution in [2.24, 2.45) is 0 Å². The van der Waals surface area contributed by atoms with E-state index in [1.807, 2.05) is 24.3 Å². The highest BCUT2D eigenvalue weighted by Crippen LogP contribution is 2.28. The molecule has 0 bridgehead atoms. The van der Waals surface area contributed by atoms with Crippen molar-refractivity contribution < 1.29 is 9.13 Å². The molecule has 134 valence electrons. The first-order chi connectivity index (χ1) is 12.7. The zero-order valence-corrected chi connectivity index (χ0v) is 14.7. The predicted molar refractivity (Wildman–Crippen MR) is 101 cm³/mol. The number of rotatable bonds is 5. The summed E-state index contributed by atoms with van der Waals surface area (Å²) < 4.78 is 18.7. The van der Waals surface area contributed by atoms with E-state index in [4.69, 9.17) is 14.7 Å². The summed E-state index contributed by atoms with van der Waals surface area (Å²) >= 11 is 0. The van der Waals surface area contributed by atoms with Crippen LogP contribution >= 0.6 is 0 Å². The molecule has 0 aliphatic carbocycles. The van der Waals surface area contributed by atoms with Gasteiger partial charge >= 0.3 is 0 Å². The normalized spacial score (nSPS) is 17.0. The van der Waals surface area contributed by atoms with Crippen molar-refractivity contribution in [1.82, 2.24) is 9.97 Å². The summed E-state index contributed by atoms with van der Waals surface area (Å²) in [5.74, 6) is 1.22. The number of nitrogens with zero attached hydrogens (tertiary/aromatic N) is 3. The summed E-state index contributed by atoms with van der Waals surface area (Å²) in [4.78, 5) is 11.6. The molecule has 26 heavy (non-hydrogen) atoms. The average molecular weight is 352 g/mol. The predicted octanol–water partition coefficient (Wildman–Crippen LogP) is 3.95. The second kappa shape index (κ2) is 7.25. The third-order valence-corrected chi connectivity index (χ3v) is 4.69. The number of hydrogen-bond acceptors (Lipinski definition) is 5. The molecular formula is C20H21FN4O. The van der Waals surface area contributed by atoms with Gasteiger partial charge in [-0.2, -0.15) is 4.98 Å². The first-order valence-corrected chi connectivity index (χ1v) is 8.79. The van der Waals surface area contributed by atoms with E-state index in [0.29, 0.717) is 12.5 Å². The zero-order chi connectivity index (χ0) is 17.9. The summed E-state index contributed by atoms with van der Waals surface area (Å²) in [7, 11) is 1.72. The SMILES string of the molecule is COC1CCCN1c1nc(NCc2ccc(F)cc2)c2ccccc2n1. The molecule has 1 atom stereocenters. The molecule has 2 heterocycles. The molecule has 1 aromatic heterocycles. The van der Waals surface area contributed by atoms with Crippen molar-refractivity contribution in [2.45, 2.75) is 25.6 Å². The Kier molecular flexibility index (Phi) is 4.67. The van der Waals surface area contributed by atoms with Gasteiger partial charge in [-0.1, -0.05) is 24.3 Å². The maximum atomic E-state index is 13.1. The van der Waals surface area contributed by atoms with Crippen LogP contribution in [-0.2, 0) is 11.3 Å². The first-order valence-electron chi connectivity index (χ1n) is 8.79. The van der Waals surface area contributed by atoms with Crippen molar-refractivity contribution >= 4 is 22.7 Å². The van der Waals surface area contributed by atoms with Crippen LogP contribution < -0.4 is 10.2 Å². The number of methoxy groups -OCH3 is 1. The Morgan fingerprint density at radius 3 is 2.77 bits per heavy atom. The minimum atomic E-state index is -0.233. The van der Waals surface area contributed by atoms with E-state index < -0.39 is 0 Å². The molecule has 1 saturated heterocycles. The van der Waals surface area contributed by atoms with Crippen LogP contribution in [0, 0.1) is 5.82 Å². The molecule has 1 aliphatic rings. The lowest BCUT2D eigenvalue weighted by molar-refractivity contribution is 0.110. The summed E-state index contributed by atoms with van der Waals surface area (Å²) in [6.07, 6.45) is 2.05. The van der Waals surface area contributed by atoms with E-state index in [-0.39, 0.29) is 12.0 Å². The van der Waals surface area contributed by atoms with Crippen LogP contribution in [0.25, 0.3) is 10.9 Å². The number of ether oxygens (including phenoxy) is 1. The summed E-state index contributed by atoms with van der Waals surface area (Å²) in [6.45, 7) is 1.45. The number of aromatic nitrogens is 2. The smallest absolute Gasteiger partial charge is 0.229 e. The van der Waals surface area contributed by atoms with Gasteiger partial charge in [0.15, 0.2) is 0 Å². The molecule has 1 unspecified atom stereocenters. The molecule has 2 aromatic carbocycles. The lowest BCUT2D eigenvalue weighted by Crippen LogP contribution is -2.32. The molecular weight excluding hydrogens is 331 g/mol. The maximum absolute atomic E-state index is 13.1. The number of fused-ring (bicyclic) bond motifs is 1.